The Labute approximate surface area is 71.5 Å². The van der Waals surface area contributed by atoms with Gasteiger partial charge in [0.2, 0.25) is 0 Å². The lowest BCUT2D eigenvalue weighted by Gasteiger charge is -2.20. The largest absolute Gasteiger partial charge is 0.0887 e. The van der Waals surface area contributed by atoms with Gasteiger partial charge in [0.25, 0.3) is 0 Å². The minimum atomic E-state index is 0.899. The smallest absolute Gasteiger partial charge is 0.0180 e. The van der Waals surface area contributed by atoms with Crippen LogP contribution in [0.2, 0.25) is 0 Å². The summed E-state index contributed by atoms with van der Waals surface area (Å²) in [6.07, 6.45) is 9.00. The van der Waals surface area contributed by atoms with Gasteiger partial charge in [0.05, 0.1) is 0 Å². The van der Waals surface area contributed by atoms with E-state index >= 15 is 0 Å². The minimum Gasteiger partial charge on any atom is -0.0887 e. The first-order valence-corrected chi connectivity index (χ1v) is 5.43. The van der Waals surface area contributed by atoms with Crippen molar-refractivity contribution in [3.05, 3.63) is 0 Å². The zero-order valence-electron chi connectivity index (χ0n) is 6.35. The summed E-state index contributed by atoms with van der Waals surface area (Å²) in [7, 11) is 0. The molecule has 0 radical (unpaired) electrons. The quantitative estimate of drug-likeness (QED) is 0.573. The molecular formula is C9H15Br. The molecular weight excluding hydrogens is 188 g/mol. The van der Waals surface area contributed by atoms with E-state index in [0.717, 1.165) is 16.7 Å². The van der Waals surface area contributed by atoms with Crippen molar-refractivity contribution in [1.29, 1.82) is 0 Å². The third-order valence-corrected chi connectivity index (χ3v) is 4.07. The molecule has 2 aliphatic rings. The second-order valence-corrected chi connectivity index (χ2v) is 4.99. The molecule has 0 aromatic heterocycles. The molecule has 0 heterocycles. The molecule has 58 valence electrons. The van der Waals surface area contributed by atoms with Gasteiger partial charge < -0.3 is 0 Å². The molecule has 2 aliphatic carbocycles. The standard InChI is InChI=1S/C9H15Br/c10-9-6-8(9)7-4-2-1-3-5-7/h7-9H,1-6H2/t8-,9+/m1/s1. The maximum atomic E-state index is 3.68. The third-order valence-electron chi connectivity index (χ3n) is 3.01. The zero-order chi connectivity index (χ0) is 6.97. The Morgan fingerprint density at radius 2 is 1.60 bits per heavy atom. The fourth-order valence-corrected chi connectivity index (χ4v) is 3.09. The van der Waals surface area contributed by atoms with E-state index in [-0.39, 0.29) is 0 Å². The van der Waals surface area contributed by atoms with Gasteiger partial charge in [-0.3, -0.25) is 0 Å². The van der Waals surface area contributed by atoms with E-state index in [1.54, 1.807) is 0 Å². The highest BCUT2D eigenvalue weighted by Gasteiger charge is 2.40. The van der Waals surface area contributed by atoms with Gasteiger partial charge in [-0.15, -0.1) is 0 Å². The lowest BCUT2D eigenvalue weighted by Crippen LogP contribution is -2.09. The van der Waals surface area contributed by atoms with Gasteiger partial charge in [0.1, 0.15) is 0 Å². The molecule has 10 heavy (non-hydrogen) atoms. The van der Waals surface area contributed by atoms with Crippen molar-refractivity contribution in [3.63, 3.8) is 0 Å². The van der Waals surface area contributed by atoms with Crippen molar-refractivity contribution in [2.75, 3.05) is 0 Å². The molecule has 0 spiro atoms. The molecule has 0 aliphatic heterocycles. The van der Waals surface area contributed by atoms with Crippen LogP contribution in [0.15, 0.2) is 0 Å². The molecule has 0 bridgehead atoms. The van der Waals surface area contributed by atoms with Crippen LogP contribution in [-0.2, 0) is 0 Å². The Hall–Kier alpha value is 0.480. The summed E-state index contributed by atoms with van der Waals surface area (Å²) < 4.78 is 0. The predicted octanol–water partition coefficient (Wildman–Crippen LogP) is 3.35. The molecule has 2 atom stereocenters. The number of halogens is 1. The van der Waals surface area contributed by atoms with Crippen LogP contribution < -0.4 is 0 Å². The lowest BCUT2D eigenvalue weighted by atomic mass is 9.86. The first kappa shape index (κ1) is 7.15. The first-order chi connectivity index (χ1) is 4.88. The molecule has 2 fully saturated rings. The summed E-state index contributed by atoms with van der Waals surface area (Å²) in [5.41, 5.74) is 0. The Bertz CT molecular complexity index is 116. The monoisotopic (exact) mass is 202 g/mol. The van der Waals surface area contributed by atoms with E-state index in [2.05, 4.69) is 15.9 Å². The van der Waals surface area contributed by atoms with Crippen molar-refractivity contribution in [2.45, 2.75) is 43.4 Å². The molecule has 0 unspecified atom stereocenters. The molecule has 0 N–H and O–H groups in total. The van der Waals surface area contributed by atoms with Crippen LogP contribution in [0.3, 0.4) is 0 Å². The van der Waals surface area contributed by atoms with Gasteiger partial charge in [-0.25, -0.2) is 0 Å². The van der Waals surface area contributed by atoms with Gasteiger partial charge in [-0.2, -0.15) is 0 Å². The fraction of sp³-hybridized carbons (Fsp3) is 1.00. The second kappa shape index (κ2) is 2.84. The highest BCUT2D eigenvalue weighted by Crippen LogP contribution is 2.48. The van der Waals surface area contributed by atoms with Gasteiger partial charge in [0.15, 0.2) is 0 Å². The molecule has 0 nitrogen and oxygen atoms in total. The van der Waals surface area contributed by atoms with Crippen LogP contribution >= 0.6 is 15.9 Å². The summed E-state index contributed by atoms with van der Waals surface area (Å²) in [5, 5.41) is 0. The maximum Gasteiger partial charge on any atom is 0.0180 e. The molecule has 2 saturated carbocycles. The maximum absolute atomic E-state index is 3.68. The van der Waals surface area contributed by atoms with Crippen molar-refractivity contribution in [3.8, 4) is 0 Å². The topological polar surface area (TPSA) is 0 Å². The SMILES string of the molecule is Br[C@H]1C[C@@H]1C1CCCCC1. The van der Waals surface area contributed by atoms with Crippen LogP contribution in [-0.4, -0.2) is 4.83 Å². The molecule has 0 aromatic rings. The Morgan fingerprint density at radius 1 is 1.00 bits per heavy atom. The van der Waals surface area contributed by atoms with Gasteiger partial charge >= 0.3 is 0 Å². The van der Waals surface area contributed by atoms with Crippen molar-refractivity contribution >= 4 is 15.9 Å². The highest BCUT2D eigenvalue weighted by atomic mass is 79.9. The summed E-state index contributed by atoms with van der Waals surface area (Å²) in [4.78, 5) is 0.899. The zero-order valence-corrected chi connectivity index (χ0v) is 7.94. The summed E-state index contributed by atoms with van der Waals surface area (Å²) in [6, 6.07) is 0. The Kier molecular flexibility index (Phi) is 2.03. The summed E-state index contributed by atoms with van der Waals surface area (Å²) in [6.45, 7) is 0. The molecule has 0 amide bonds. The third kappa shape index (κ3) is 1.39. The average molecular weight is 203 g/mol. The van der Waals surface area contributed by atoms with E-state index in [1.807, 2.05) is 0 Å². The molecule has 2 rings (SSSR count). The number of hydrogen-bond donors (Lipinski definition) is 0. The van der Waals surface area contributed by atoms with Crippen molar-refractivity contribution in [2.24, 2.45) is 11.8 Å². The van der Waals surface area contributed by atoms with E-state index in [0.29, 0.717) is 0 Å². The van der Waals surface area contributed by atoms with Gasteiger partial charge in [-0.1, -0.05) is 48.0 Å². The predicted molar refractivity (Wildman–Crippen MR) is 47.4 cm³/mol. The van der Waals surface area contributed by atoms with E-state index in [9.17, 15) is 0 Å². The van der Waals surface area contributed by atoms with Crippen LogP contribution in [0.4, 0.5) is 0 Å². The van der Waals surface area contributed by atoms with Gasteiger partial charge in [-0.05, 0) is 18.3 Å². The van der Waals surface area contributed by atoms with E-state index < -0.39 is 0 Å². The van der Waals surface area contributed by atoms with E-state index in [4.69, 9.17) is 0 Å². The van der Waals surface area contributed by atoms with Crippen LogP contribution in [0.5, 0.6) is 0 Å². The van der Waals surface area contributed by atoms with Crippen molar-refractivity contribution < 1.29 is 0 Å². The van der Waals surface area contributed by atoms with Crippen LogP contribution in [0, 0.1) is 11.8 Å². The minimum absolute atomic E-state index is 0.899. The second-order valence-electron chi connectivity index (χ2n) is 3.81. The number of alkyl halides is 1. The average Bonchev–Trinajstić information content (AvgIpc) is 2.69. The van der Waals surface area contributed by atoms with Crippen LogP contribution in [0.25, 0.3) is 0 Å². The summed E-state index contributed by atoms with van der Waals surface area (Å²) >= 11 is 3.68. The molecule has 0 aromatic carbocycles. The normalized spacial score (nSPS) is 41.7. The van der Waals surface area contributed by atoms with Gasteiger partial charge in [0, 0.05) is 4.83 Å². The molecule has 1 heteroatoms. The van der Waals surface area contributed by atoms with E-state index in [1.165, 1.54) is 38.5 Å². The van der Waals surface area contributed by atoms with Crippen LogP contribution in [0.1, 0.15) is 38.5 Å². The Balaban J connectivity index is 1.81. The fourth-order valence-electron chi connectivity index (χ4n) is 2.23. The lowest BCUT2D eigenvalue weighted by molar-refractivity contribution is 0.324. The summed E-state index contributed by atoms with van der Waals surface area (Å²) in [5.74, 6) is 2.17. The molecule has 0 saturated heterocycles. The Morgan fingerprint density at radius 3 is 2.10 bits per heavy atom. The number of hydrogen-bond acceptors (Lipinski definition) is 0. The highest BCUT2D eigenvalue weighted by molar-refractivity contribution is 9.09. The number of rotatable bonds is 1. The first-order valence-electron chi connectivity index (χ1n) is 4.52. The van der Waals surface area contributed by atoms with Crippen molar-refractivity contribution in [1.82, 2.24) is 0 Å².